The zero-order valence-electron chi connectivity index (χ0n) is 15.0. The van der Waals surface area contributed by atoms with Gasteiger partial charge in [0, 0.05) is 45.1 Å². The Balaban J connectivity index is 1.63. The van der Waals surface area contributed by atoms with Gasteiger partial charge in [-0.25, -0.2) is 4.98 Å². The van der Waals surface area contributed by atoms with Crippen LogP contribution in [0.15, 0.2) is 18.7 Å². The molecule has 2 aromatic heterocycles. The number of carbonyl (C=O) groups is 1. The molecule has 1 aliphatic rings. The number of hydrogen-bond acceptors (Lipinski definition) is 5. The number of hydrogen-bond donors (Lipinski definition) is 0. The number of carbonyl (C=O) groups excluding carboxylic acids is 1. The van der Waals surface area contributed by atoms with Crippen LogP contribution in [0.1, 0.15) is 43.8 Å². The van der Waals surface area contributed by atoms with E-state index in [1.54, 1.807) is 12.5 Å². The molecule has 0 unspecified atom stereocenters. The third kappa shape index (κ3) is 4.25. The standard InChI is InChI=1S/C17H26N6O2/c1-3-25-10-6-16(24)23-8-4-5-14(11-23)17-20-19-15(21(17)2)12-22-9-7-18-13-22/h7,9,13-14H,3-6,8,10-12H2,1-2H3/t14-/m1/s1. The van der Waals surface area contributed by atoms with Crippen LogP contribution in [0.2, 0.25) is 0 Å². The van der Waals surface area contributed by atoms with Gasteiger partial charge in [0.2, 0.25) is 5.91 Å². The summed E-state index contributed by atoms with van der Waals surface area (Å²) in [6.45, 7) is 5.26. The summed E-state index contributed by atoms with van der Waals surface area (Å²) >= 11 is 0. The lowest BCUT2D eigenvalue weighted by Gasteiger charge is -2.32. The molecule has 136 valence electrons. The molecular weight excluding hydrogens is 320 g/mol. The highest BCUT2D eigenvalue weighted by Gasteiger charge is 2.28. The van der Waals surface area contributed by atoms with E-state index in [-0.39, 0.29) is 11.8 Å². The van der Waals surface area contributed by atoms with Crippen LogP contribution in [-0.2, 0) is 23.1 Å². The maximum absolute atomic E-state index is 12.3. The number of amides is 1. The van der Waals surface area contributed by atoms with E-state index in [0.717, 1.165) is 31.0 Å². The molecule has 1 saturated heterocycles. The number of nitrogens with zero attached hydrogens (tertiary/aromatic N) is 6. The Morgan fingerprint density at radius 1 is 1.40 bits per heavy atom. The third-order valence-electron chi connectivity index (χ3n) is 4.69. The average molecular weight is 346 g/mol. The minimum absolute atomic E-state index is 0.166. The molecule has 3 rings (SSSR count). The Hall–Kier alpha value is -2.22. The first-order valence-corrected chi connectivity index (χ1v) is 8.88. The van der Waals surface area contributed by atoms with Crippen LogP contribution >= 0.6 is 0 Å². The molecule has 2 aromatic rings. The van der Waals surface area contributed by atoms with Crippen LogP contribution in [0, 0.1) is 0 Å². The third-order valence-corrected chi connectivity index (χ3v) is 4.69. The summed E-state index contributed by atoms with van der Waals surface area (Å²) in [5.41, 5.74) is 0. The molecule has 0 bridgehead atoms. The maximum Gasteiger partial charge on any atom is 0.224 e. The zero-order valence-corrected chi connectivity index (χ0v) is 15.0. The average Bonchev–Trinajstić information content (AvgIpc) is 3.26. The minimum atomic E-state index is 0.166. The summed E-state index contributed by atoms with van der Waals surface area (Å²) in [6, 6.07) is 0. The topological polar surface area (TPSA) is 78.1 Å². The predicted molar refractivity (Wildman–Crippen MR) is 92.0 cm³/mol. The van der Waals surface area contributed by atoms with E-state index in [9.17, 15) is 4.79 Å². The van der Waals surface area contributed by atoms with Gasteiger partial charge in [0.05, 0.1) is 25.9 Å². The van der Waals surface area contributed by atoms with E-state index in [1.165, 1.54) is 0 Å². The first-order chi connectivity index (χ1) is 12.2. The highest BCUT2D eigenvalue weighted by Crippen LogP contribution is 2.26. The molecule has 1 fully saturated rings. The molecule has 1 atom stereocenters. The van der Waals surface area contributed by atoms with Crippen molar-refractivity contribution in [3.8, 4) is 0 Å². The fourth-order valence-corrected chi connectivity index (χ4v) is 3.29. The van der Waals surface area contributed by atoms with Gasteiger partial charge in [-0.3, -0.25) is 4.79 Å². The van der Waals surface area contributed by atoms with Crippen molar-refractivity contribution in [2.75, 3.05) is 26.3 Å². The van der Waals surface area contributed by atoms with Crippen molar-refractivity contribution >= 4 is 5.91 Å². The van der Waals surface area contributed by atoms with E-state index in [1.807, 2.05) is 29.6 Å². The normalized spacial score (nSPS) is 17.8. The summed E-state index contributed by atoms with van der Waals surface area (Å²) < 4.78 is 9.32. The lowest BCUT2D eigenvalue weighted by Crippen LogP contribution is -2.40. The molecule has 0 N–H and O–H groups in total. The van der Waals surface area contributed by atoms with Gasteiger partial charge in [0.25, 0.3) is 0 Å². The van der Waals surface area contributed by atoms with Gasteiger partial charge < -0.3 is 18.8 Å². The predicted octanol–water partition coefficient (Wildman–Crippen LogP) is 1.19. The Labute approximate surface area is 147 Å². The fourth-order valence-electron chi connectivity index (χ4n) is 3.29. The quantitative estimate of drug-likeness (QED) is 0.704. The van der Waals surface area contributed by atoms with Crippen LogP contribution in [0.3, 0.4) is 0 Å². The molecule has 0 spiro atoms. The SMILES string of the molecule is CCOCCC(=O)N1CCC[C@@H](c2nnc(Cn3ccnc3)n2C)C1. The van der Waals surface area contributed by atoms with Gasteiger partial charge >= 0.3 is 0 Å². The van der Waals surface area contributed by atoms with Crippen LogP contribution in [0.25, 0.3) is 0 Å². The van der Waals surface area contributed by atoms with Gasteiger partial charge in [0.1, 0.15) is 5.82 Å². The van der Waals surface area contributed by atoms with Crippen molar-refractivity contribution in [3.05, 3.63) is 30.4 Å². The molecule has 1 amide bonds. The molecule has 1 aliphatic heterocycles. The van der Waals surface area contributed by atoms with E-state index in [2.05, 4.69) is 19.7 Å². The number of piperidine rings is 1. The van der Waals surface area contributed by atoms with Crippen molar-refractivity contribution in [1.29, 1.82) is 0 Å². The van der Waals surface area contributed by atoms with E-state index >= 15 is 0 Å². The molecule has 8 nitrogen and oxygen atoms in total. The summed E-state index contributed by atoms with van der Waals surface area (Å²) in [7, 11) is 2.00. The highest BCUT2D eigenvalue weighted by atomic mass is 16.5. The maximum atomic E-state index is 12.3. The Kier molecular flexibility index (Phi) is 5.80. The van der Waals surface area contributed by atoms with Crippen molar-refractivity contribution in [1.82, 2.24) is 29.2 Å². The summed E-state index contributed by atoms with van der Waals surface area (Å²) in [5.74, 6) is 2.25. The molecule has 0 aliphatic carbocycles. The van der Waals surface area contributed by atoms with Crippen LogP contribution in [0.4, 0.5) is 0 Å². The first kappa shape index (κ1) is 17.6. The van der Waals surface area contributed by atoms with E-state index in [4.69, 9.17) is 4.74 Å². The van der Waals surface area contributed by atoms with Gasteiger partial charge in [-0.15, -0.1) is 10.2 Å². The molecule has 25 heavy (non-hydrogen) atoms. The number of likely N-dealkylation sites (tertiary alicyclic amines) is 1. The number of aromatic nitrogens is 5. The van der Waals surface area contributed by atoms with Crippen molar-refractivity contribution in [2.24, 2.45) is 7.05 Å². The van der Waals surface area contributed by atoms with Crippen molar-refractivity contribution in [2.45, 2.75) is 38.6 Å². The molecule has 8 heteroatoms. The fraction of sp³-hybridized carbons (Fsp3) is 0.647. The van der Waals surface area contributed by atoms with E-state index in [0.29, 0.717) is 32.7 Å². The van der Waals surface area contributed by atoms with E-state index < -0.39 is 0 Å². The first-order valence-electron chi connectivity index (χ1n) is 8.88. The summed E-state index contributed by atoms with van der Waals surface area (Å²) in [4.78, 5) is 18.3. The Bertz CT molecular complexity index is 681. The van der Waals surface area contributed by atoms with Crippen LogP contribution < -0.4 is 0 Å². The van der Waals surface area contributed by atoms with Gasteiger partial charge in [-0.2, -0.15) is 0 Å². The largest absolute Gasteiger partial charge is 0.381 e. The number of rotatable bonds is 7. The van der Waals surface area contributed by atoms with Gasteiger partial charge in [-0.1, -0.05) is 0 Å². The second kappa shape index (κ2) is 8.24. The summed E-state index contributed by atoms with van der Waals surface area (Å²) in [5, 5.41) is 8.74. The van der Waals surface area contributed by atoms with Gasteiger partial charge in [-0.05, 0) is 19.8 Å². The monoisotopic (exact) mass is 346 g/mol. The molecule has 3 heterocycles. The Morgan fingerprint density at radius 3 is 3.04 bits per heavy atom. The minimum Gasteiger partial charge on any atom is -0.381 e. The van der Waals surface area contributed by atoms with Crippen molar-refractivity contribution in [3.63, 3.8) is 0 Å². The molecule has 0 aromatic carbocycles. The van der Waals surface area contributed by atoms with Crippen molar-refractivity contribution < 1.29 is 9.53 Å². The molecule has 0 saturated carbocycles. The lowest BCUT2D eigenvalue weighted by atomic mass is 9.97. The molecule has 0 radical (unpaired) electrons. The van der Waals surface area contributed by atoms with Crippen LogP contribution in [-0.4, -0.2) is 61.4 Å². The smallest absolute Gasteiger partial charge is 0.224 e. The van der Waals surface area contributed by atoms with Crippen LogP contribution in [0.5, 0.6) is 0 Å². The summed E-state index contributed by atoms with van der Waals surface area (Å²) in [6.07, 6.45) is 7.91. The molecular formula is C17H26N6O2. The highest BCUT2D eigenvalue weighted by molar-refractivity contribution is 5.76. The zero-order chi connectivity index (χ0) is 17.6. The second-order valence-electron chi connectivity index (χ2n) is 6.39. The second-order valence-corrected chi connectivity index (χ2v) is 6.39. The Morgan fingerprint density at radius 2 is 2.28 bits per heavy atom. The lowest BCUT2D eigenvalue weighted by molar-refractivity contribution is -0.133. The number of ether oxygens (including phenoxy) is 1. The number of imidazole rings is 1. The van der Waals surface area contributed by atoms with Gasteiger partial charge in [0.15, 0.2) is 5.82 Å².